The maximum atomic E-state index is 13.0. The van der Waals surface area contributed by atoms with Crippen LogP contribution in [0.5, 0.6) is 5.75 Å². The summed E-state index contributed by atoms with van der Waals surface area (Å²) in [5, 5.41) is 16.1. The van der Waals surface area contributed by atoms with Crippen LogP contribution in [0.4, 0.5) is 11.4 Å². The summed E-state index contributed by atoms with van der Waals surface area (Å²) in [4.78, 5) is 38.3. The minimum absolute atomic E-state index is 0.181. The summed E-state index contributed by atoms with van der Waals surface area (Å²) in [5.41, 5.74) is 2.16. The van der Waals surface area contributed by atoms with E-state index in [1.165, 1.54) is 40.0 Å². The number of amides is 2. The number of non-ortho nitro benzene ring substituents is 1. The Balaban J connectivity index is 1.58. The van der Waals surface area contributed by atoms with Crippen molar-refractivity contribution in [3.63, 3.8) is 0 Å². The molecule has 0 fully saturated rings. The highest BCUT2D eigenvalue weighted by Crippen LogP contribution is 2.35. The molecule has 2 aromatic carbocycles. The van der Waals surface area contributed by atoms with Crippen molar-refractivity contribution >= 4 is 34.5 Å². The van der Waals surface area contributed by atoms with E-state index in [4.69, 9.17) is 4.74 Å². The summed E-state index contributed by atoms with van der Waals surface area (Å²) in [5.74, 6) is -0.489. The molecule has 1 atom stereocenters. The maximum Gasteiger partial charge on any atom is 0.271 e. The third-order valence-corrected chi connectivity index (χ3v) is 6.19. The van der Waals surface area contributed by atoms with Crippen molar-refractivity contribution in [2.24, 2.45) is 0 Å². The van der Waals surface area contributed by atoms with Gasteiger partial charge in [0.1, 0.15) is 12.3 Å². The molecule has 9 heteroatoms. The Morgan fingerprint density at radius 3 is 2.69 bits per heavy atom. The Hall–Kier alpha value is -3.72. The van der Waals surface area contributed by atoms with Gasteiger partial charge in [-0.05, 0) is 35.1 Å². The normalized spacial score (nSPS) is 13.8. The molecule has 2 amide bonds. The van der Waals surface area contributed by atoms with E-state index in [1.54, 1.807) is 0 Å². The van der Waals surface area contributed by atoms with Crippen molar-refractivity contribution in [1.82, 2.24) is 5.32 Å². The first-order valence-electron chi connectivity index (χ1n) is 10.1. The van der Waals surface area contributed by atoms with Crippen LogP contribution in [-0.2, 0) is 16.0 Å². The molecule has 1 N–H and O–H groups in total. The lowest BCUT2D eigenvalue weighted by atomic mass is 10.0. The fourth-order valence-corrected chi connectivity index (χ4v) is 4.35. The number of benzene rings is 2. The van der Waals surface area contributed by atoms with Crippen LogP contribution >= 0.6 is 11.3 Å². The zero-order valence-corrected chi connectivity index (χ0v) is 18.1. The first-order valence-corrected chi connectivity index (χ1v) is 11.0. The number of anilines is 1. The van der Waals surface area contributed by atoms with E-state index in [2.05, 4.69) is 12.2 Å². The average Bonchev–Trinajstić information content (AvgIpc) is 3.34. The number of hydrogen-bond donors (Lipinski definition) is 1. The number of carbonyl (C=O) groups is 2. The quantitative estimate of drug-likeness (QED) is 0.434. The van der Waals surface area contributed by atoms with Gasteiger partial charge in [-0.15, -0.1) is 11.3 Å². The lowest BCUT2D eigenvalue weighted by Crippen LogP contribution is -2.45. The van der Waals surface area contributed by atoms with Crippen molar-refractivity contribution in [3.05, 3.63) is 86.1 Å². The number of hydrogen-bond acceptors (Lipinski definition) is 6. The van der Waals surface area contributed by atoms with Crippen molar-refractivity contribution in [2.45, 2.75) is 19.4 Å². The van der Waals surface area contributed by atoms with Gasteiger partial charge in [-0.2, -0.15) is 0 Å². The summed E-state index contributed by atoms with van der Waals surface area (Å²) in [6.45, 7) is 1.57. The topological polar surface area (TPSA) is 102 Å². The van der Waals surface area contributed by atoms with Crippen molar-refractivity contribution < 1.29 is 19.2 Å². The highest BCUT2D eigenvalue weighted by atomic mass is 32.1. The molecular weight excluding hydrogens is 430 g/mol. The Morgan fingerprint density at radius 1 is 1.25 bits per heavy atom. The smallest absolute Gasteiger partial charge is 0.271 e. The molecule has 0 saturated carbocycles. The molecule has 8 nitrogen and oxygen atoms in total. The van der Waals surface area contributed by atoms with Crippen LogP contribution in [0.25, 0.3) is 0 Å². The van der Waals surface area contributed by atoms with Gasteiger partial charge in [0.15, 0.2) is 6.61 Å². The van der Waals surface area contributed by atoms with Gasteiger partial charge in [-0.1, -0.05) is 37.3 Å². The zero-order valence-electron chi connectivity index (χ0n) is 17.3. The van der Waals surface area contributed by atoms with Gasteiger partial charge in [-0.3, -0.25) is 24.6 Å². The van der Waals surface area contributed by atoms with E-state index in [-0.39, 0.29) is 36.5 Å². The molecule has 0 aliphatic carbocycles. The lowest BCUT2D eigenvalue weighted by Gasteiger charge is -2.29. The van der Waals surface area contributed by atoms with Crippen LogP contribution in [0.15, 0.2) is 60.0 Å². The number of nitrogens with one attached hydrogen (secondary N) is 1. The van der Waals surface area contributed by atoms with Crippen LogP contribution < -0.4 is 15.0 Å². The number of fused-ring (bicyclic) bond motifs is 1. The van der Waals surface area contributed by atoms with Gasteiger partial charge in [0, 0.05) is 17.0 Å². The molecule has 0 radical (unpaired) electrons. The van der Waals surface area contributed by atoms with E-state index < -0.39 is 10.8 Å². The number of carbonyl (C=O) groups excluding carboxylic acids is 2. The standard InChI is InChI=1S/C23H21N3O5S/c1-2-15-5-7-16(8-6-15)23(20-4-3-11-32-20)24-21(27)13-25-18-12-17(26(29)30)9-10-19(18)31-14-22(25)28/h3-12,23H,2,13-14H2,1H3,(H,24,27). The molecule has 2 heterocycles. The van der Waals surface area contributed by atoms with Crippen molar-refractivity contribution in [1.29, 1.82) is 0 Å². The number of nitro groups is 1. The summed E-state index contributed by atoms with van der Waals surface area (Å²) in [6.07, 6.45) is 0.918. The van der Waals surface area contributed by atoms with Gasteiger partial charge in [0.05, 0.1) is 16.7 Å². The monoisotopic (exact) mass is 451 g/mol. The number of nitro benzene ring substituents is 1. The minimum atomic E-state index is -0.551. The Morgan fingerprint density at radius 2 is 2.03 bits per heavy atom. The second-order valence-corrected chi connectivity index (χ2v) is 8.27. The first kappa shape index (κ1) is 21.5. The highest BCUT2D eigenvalue weighted by molar-refractivity contribution is 7.10. The summed E-state index contributed by atoms with van der Waals surface area (Å²) < 4.78 is 5.37. The number of thiophene rings is 1. The fourth-order valence-electron chi connectivity index (χ4n) is 3.55. The Bertz CT molecular complexity index is 1140. The predicted molar refractivity (Wildman–Crippen MR) is 121 cm³/mol. The summed E-state index contributed by atoms with van der Waals surface area (Å²) >= 11 is 1.53. The predicted octanol–water partition coefficient (Wildman–Crippen LogP) is 3.85. The maximum absolute atomic E-state index is 13.0. The molecule has 1 aliphatic heterocycles. The fraction of sp³-hybridized carbons (Fsp3) is 0.217. The van der Waals surface area contributed by atoms with Crippen LogP contribution in [0.2, 0.25) is 0 Å². The molecule has 0 saturated heterocycles. The molecule has 0 bridgehead atoms. The highest BCUT2D eigenvalue weighted by Gasteiger charge is 2.30. The van der Waals surface area contributed by atoms with E-state index in [0.29, 0.717) is 5.75 Å². The summed E-state index contributed by atoms with van der Waals surface area (Å²) in [6, 6.07) is 15.5. The van der Waals surface area contributed by atoms with E-state index in [9.17, 15) is 19.7 Å². The van der Waals surface area contributed by atoms with Crippen LogP contribution in [0.3, 0.4) is 0 Å². The first-order chi connectivity index (χ1) is 15.5. The van der Waals surface area contributed by atoms with Gasteiger partial charge in [0.25, 0.3) is 11.6 Å². The molecule has 1 aromatic heterocycles. The van der Waals surface area contributed by atoms with E-state index >= 15 is 0 Å². The van der Waals surface area contributed by atoms with E-state index in [1.807, 2.05) is 41.8 Å². The van der Waals surface area contributed by atoms with Gasteiger partial charge in [-0.25, -0.2) is 0 Å². The van der Waals surface area contributed by atoms with Crippen LogP contribution in [0.1, 0.15) is 29.0 Å². The molecular formula is C23H21N3O5S. The Kier molecular flexibility index (Phi) is 6.18. The second-order valence-electron chi connectivity index (χ2n) is 7.29. The molecule has 1 aliphatic rings. The second kappa shape index (κ2) is 9.19. The average molecular weight is 452 g/mol. The number of nitrogens with zero attached hydrogens (tertiary/aromatic N) is 2. The molecule has 32 heavy (non-hydrogen) atoms. The van der Waals surface area contributed by atoms with Gasteiger partial charge >= 0.3 is 0 Å². The van der Waals surface area contributed by atoms with Crippen LogP contribution in [0, 0.1) is 10.1 Å². The van der Waals surface area contributed by atoms with E-state index in [0.717, 1.165) is 16.9 Å². The van der Waals surface area contributed by atoms with Gasteiger partial charge < -0.3 is 10.1 Å². The molecule has 3 aromatic rings. The number of ether oxygens (including phenoxy) is 1. The molecule has 0 spiro atoms. The third kappa shape index (κ3) is 4.47. The van der Waals surface area contributed by atoms with Crippen LogP contribution in [-0.4, -0.2) is 29.9 Å². The van der Waals surface area contributed by atoms with Crippen molar-refractivity contribution in [2.75, 3.05) is 18.1 Å². The lowest BCUT2D eigenvalue weighted by molar-refractivity contribution is -0.384. The molecule has 164 valence electrons. The number of aryl methyl sites for hydroxylation is 1. The zero-order chi connectivity index (χ0) is 22.7. The molecule has 1 unspecified atom stereocenters. The SMILES string of the molecule is CCc1ccc(C(NC(=O)CN2C(=O)COc3ccc([N+](=O)[O-])cc32)c2cccs2)cc1. The number of rotatable bonds is 7. The third-order valence-electron chi connectivity index (χ3n) is 5.25. The summed E-state index contributed by atoms with van der Waals surface area (Å²) in [7, 11) is 0. The minimum Gasteiger partial charge on any atom is -0.482 e. The molecule has 4 rings (SSSR count). The largest absolute Gasteiger partial charge is 0.482 e. The Labute approximate surface area is 188 Å². The van der Waals surface area contributed by atoms with Gasteiger partial charge in [0.2, 0.25) is 5.91 Å². The van der Waals surface area contributed by atoms with Crippen molar-refractivity contribution in [3.8, 4) is 5.75 Å².